The lowest BCUT2D eigenvalue weighted by Crippen LogP contribution is -2.54. The lowest BCUT2D eigenvalue weighted by atomic mass is 10.1. The van der Waals surface area contributed by atoms with Crippen LogP contribution >= 0.6 is 15.9 Å². The van der Waals surface area contributed by atoms with Crippen molar-refractivity contribution in [2.45, 2.75) is 19.6 Å². The summed E-state index contributed by atoms with van der Waals surface area (Å²) in [6, 6.07) is 5.36. The zero-order valence-electron chi connectivity index (χ0n) is 11.4. The second-order valence-electron chi connectivity index (χ2n) is 4.61. The van der Waals surface area contributed by atoms with Gasteiger partial charge in [0.05, 0.1) is 19.8 Å². The largest absolute Gasteiger partial charge is 0.392 e. The second kappa shape index (κ2) is 7.06. The van der Waals surface area contributed by atoms with Gasteiger partial charge in [-0.3, -0.25) is 4.79 Å². The molecule has 0 aromatic heterocycles. The van der Waals surface area contributed by atoms with Gasteiger partial charge in [0.2, 0.25) is 5.91 Å². The van der Waals surface area contributed by atoms with Crippen molar-refractivity contribution in [2.75, 3.05) is 31.2 Å². The number of aliphatic hydroxyl groups excluding tert-OH is 1. The lowest BCUT2D eigenvalue weighted by molar-refractivity contribution is -0.124. The molecular weight excluding hydrogens is 324 g/mol. The molecular formula is C14H19BrN2O3. The van der Waals surface area contributed by atoms with E-state index in [2.05, 4.69) is 21.2 Å². The number of hydrogen-bond acceptors (Lipinski definition) is 4. The Morgan fingerprint density at radius 3 is 3.10 bits per heavy atom. The summed E-state index contributed by atoms with van der Waals surface area (Å²) in [5.74, 6) is -0.0426. The standard InChI is InChI=1S/C14H19BrN2O3/c1-2-16-14(19)13-9-20-6-5-17(13)12-4-3-11(15)7-10(12)8-18/h3-4,7,13,18H,2,5-6,8-9H2,1H3,(H,16,19). The van der Waals surface area contributed by atoms with Crippen LogP contribution in [0.1, 0.15) is 12.5 Å². The van der Waals surface area contributed by atoms with Gasteiger partial charge in [-0.15, -0.1) is 0 Å². The van der Waals surface area contributed by atoms with Crippen LogP contribution in [0.3, 0.4) is 0 Å². The van der Waals surface area contributed by atoms with Crippen molar-refractivity contribution in [3.8, 4) is 0 Å². The maximum Gasteiger partial charge on any atom is 0.245 e. The quantitative estimate of drug-likeness (QED) is 0.865. The Balaban J connectivity index is 2.30. The Bertz CT molecular complexity index is 481. The average Bonchev–Trinajstić information content (AvgIpc) is 2.47. The van der Waals surface area contributed by atoms with E-state index in [9.17, 15) is 9.90 Å². The Morgan fingerprint density at radius 1 is 1.60 bits per heavy atom. The maximum absolute atomic E-state index is 12.1. The lowest BCUT2D eigenvalue weighted by Gasteiger charge is -2.37. The molecule has 0 aliphatic carbocycles. The molecule has 1 fully saturated rings. The fourth-order valence-electron chi connectivity index (χ4n) is 2.36. The molecule has 1 aliphatic rings. The summed E-state index contributed by atoms with van der Waals surface area (Å²) < 4.78 is 6.33. The van der Waals surface area contributed by atoms with Crippen molar-refractivity contribution >= 4 is 27.5 Å². The van der Waals surface area contributed by atoms with Crippen molar-refractivity contribution in [3.05, 3.63) is 28.2 Å². The molecule has 1 amide bonds. The van der Waals surface area contributed by atoms with E-state index in [1.807, 2.05) is 30.0 Å². The van der Waals surface area contributed by atoms with Crippen LogP contribution in [0.5, 0.6) is 0 Å². The van der Waals surface area contributed by atoms with E-state index in [4.69, 9.17) is 4.74 Å². The number of nitrogens with zero attached hydrogens (tertiary/aromatic N) is 1. The van der Waals surface area contributed by atoms with Crippen LogP contribution in [0.2, 0.25) is 0 Å². The van der Waals surface area contributed by atoms with Crippen LogP contribution in [0.15, 0.2) is 22.7 Å². The molecule has 1 saturated heterocycles. The molecule has 1 unspecified atom stereocenters. The highest BCUT2D eigenvalue weighted by Gasteiger charge is 2.30. The van der Waals surface area contributed by atoms with Crippen LogP contribution in [-0.4, -0.2) is 43.4 Å². The van der Waals surface area contributed by atoms with Gasteiger partial charge in [0.25, 0.3) is 0 Å². The maximum atomic E-state index is 12.1. The zero-order chi connectivity index (χ0) is 14.5. The molecule has 20 heavy (non-hydrogen) atoms. The van der Waals surface area contributed by atoms with Crippen LogP contribution in [0.25, 0.3) is 0 Å². The monoisotopic (exact) mass is 342 g/mol. The average molecular weight is 343 g/mol. The van der Waals surface area contributed by atoms with E-state index < -0.39 is 0 Å². The number of likely N-dealkylation sites (N-methyl/N-ethyl adjacent to an activating group) is 1. The molecule has 0 radical (unpaired) electrons. The number of carbonyl (C=O) groups excluding carboxylic acids is 1. The molecule has 2 N–H and O–H groups in total. The Hall–Kier alpha value is -1.11. The third-order valence-electron chi connectivity index (χ3n) is 3.30. The van der Waals surface area contributed by atoms with Gasteiger partial charge in [-0.25, -0.2) is 0 Å². The molecule has 5 nitrogen and oxygen atoms in total. The first kappa shape index (κ1) is 15.3. The third kappa shape index (κ3) is 3.31. The number of carbonyl (C=O) groups is 1. The van der Waals surface area contributed by atoms with E-state index in [0.29, 0.717) is 26.3 Å². The number of amides is 1. The molecule has 0 spiro atoms. The number of hydrogen-bond donors (Lipinski definition) is 2. The Kier molecular flexibility index (Phi) is 5.39. The zero-order valence-corrected chi connectivity index (χ0v) is 13.0. The molecule has 110 valence electrons. The molecule has 2 rings (SSSR count). The van der Waals surface area contributed by atoms with Gasteiger partial charge >= 0.3 is 0 Å². The molecule has 6 heteroatoms. The molecule has 1 aliphatic heterocycles. The SMILES string of the molecule is CCNC(=O)C1COCCN1c1ccc(Br)cc1CO. The van der Waals surface area contributed by atoms with Gasteiger partial charge in [-0.05, 0) is 25.1 Å². The van der Waals surface area contributed by atoms with Gasteiger partial charge in [-0.1, -0.05) is 15.9 Å². The van der Waals surface area contributed by atoms with Gasteiger partial charge in [0.15, 0.2) is 0 Å². The summed E-state index contributed by atoms with van der Waals surface area (Å²) >= 11 is 3.40. The highest BCUT2D eigenvalue weighted by Crippen LogP contribution is 2.27. The summed E-state index contributed by atoms with van der Waals surface area (Å²) in [6.07, 6.45) is 0. The number of nitrogens with one attached hydrogen (secondary N) is 1. The normalized spacial score (nSPS) is 18.9. The summed E-state index contributed by atoms with van der Waals surface area (Å²) in [7, 11) is 0. The number of anilines is 1. The predicted molar refractivity (Wildman–Crippen MR) is 80.7 cm³/mol. The summed E-state index contributed by atoms with van der Waals surface area (Å²) in [5.41, 5.74) is 1.69. The summed E-state index contributed by atoms with van der Waals surface area (Å²) in [4.78, 5) is 14.2. The first-order valence-electron chi connectivity index (χ1n) is 6.68. The van der Waals surface area contributed by atoms with E-state index in [1.54, 1.807) is 0 Å². The first-order chi connectivity index (χ1) is 9.67. The van der Waals surface area contributed by atoms with Crippen molar-refractivity contribution in [3.63, 3.8) is 0 Å². The van der Waals surface area contributed by atoms with Gasteiger partial charge in [0, 0.05) is 28.8 Å². The van der Waals surface area contributed by atoms with Crippen molar-refractivity contribution in [2.24, 2.45) is 0 Å². The Morgan fingerprint density at radius 2 is 2.40 bits per heavy atom. The van der Waals surface area contributed by atoms with Crippen molar-refractivity contribution in [1.82, 2.24) is 5.32 Å². The van der Waals surface area contributed by atoms with Crippen LogP contribution < -0.4 is 10.2 Å². The number of benzene rings is 1. The third-order valence-corrected chi connectivity index (χ3v) is 3.80. The van der Waals surface area contributed by atoms with Gasteiger partial charge in [-0.2, -0.15) is 0 Å². The fraction of sp³-hybridized carbons (Fsp3) is 0.500. The predicted octanol–water partition coefficient (Wildman–Crippen LogP) is 1.28. The molecule has 1 aromatic rings. The highest BCUT2D eigenvalue weighted by molar-refractivity contribution is 9.10. The minimum absolute atomic E-state index is 0.0426. The highest BCUT2D eigenvalue weighted by atomic mass is 79.9. The van der Waals surface area contributed by atoms with E-state index in [-0.39, 0.29) is 18.6 Å². The number of morpholine rings is 1. The molecule has 1 heterocycles. The molecule has 0 bridgehead atoms. The molecule has 1 aromatic carbocycles. The van der Waals surface area contributed by atoms with Crippen molar-refractivity contribution < 1.29 is 14.6 Å². The topological polar surface area (TPSA) is 61.8 Å². The van der Waals surface area contributed by atoms with Crippen molar-refractivity contribution in [1.29, 1.82) is 0 Å². The van der Waals surface area contributed by atoms with Crippen LogP contribution in [0.4, 0.5) is 5.69 Å². The minimum Gasteiger partial charge on any atom is -0.392 e. The number of aliphatic hydroxyl groups is 1. The fourth-order valence-corrected chi connectivity index (χ4v) is 2.77. The number of rotatable bonds is 4. The molecule has 0 saturated carbocycles. The Labute approximate surface area is 127 Å². The van der Waals surface area contributed by atoms with Gasteiger partial charge in [0.1, 0.15) is 6.04 Å². The van der Waals surface area contributed by atoms with E-state index in [1.165, 1.54) is 0 Å². The first-order valence-corrected chi connectivity index (χ1v) is 7.48. The van der Waals surface area contributed by atoms with Gasteiger partial charge < -0.3 is 20.1 Å². The number of ether oxygens (including phenoxy) is 1. The second-order valence-corrected chi connectivity index (χ2v) is 5.53. The smallest absolute Gasteiger partial charge is 0.245 e. The van der Waals surface area contributed by atoms with Crippen LogP contribution in [0, 0.1) is 0 Å². The molecule has 1 atom stereocenters. The number of halogens is 1. The van der Waals surface area contributed by atoms with Crippen LogP contribution in [-0.2, 0) is 16.1 Å². The van der Waals surface area contributed by atoms with E-state index >= 15 is 0 Å². The minimum atomic E-state index is -0.352. The van der Waals surface area contributed by atoms with E-state index in [0.717, 1.165) is 15.7 Å². The summed E-state index contributed by atoms with van der Waals surface area (Å²) in [6.45, 7) is 4.01. The summed E-state index contributed by atoms with van der Waals surface area (Å²) in [5, 5.41) is 12.4.